The summed E-state index contributed by atoms with van der Waals surface area (Å²) in [5, 5.41) is 3.57. The molecule has 1 amide bonds. The summed E-state index contributed by atoms with van der Waals surface area (Å²) in [6.07, 6.45) is 3.60. The van der Waals surface area contributed by atoms with Gasteiger partial charge in [0.2, 0.25) is 15.9 Å². The summed E-state index contributed by atoms with van der Waals surface area (Å²) >= 11 is 5.90. The number of anilines is 3. The van der Waals surface area contributed by atoms with Crippen LogP contribution in [0.25, 0.3) is 0 Å². The Morgan fingerprint density at radius 2 is 1.90 bits per heavy atom. The van der Waals surface area contributed by atoms with Gasteiger partial charge < -0.3 is 10.2 Å². The molecule has 1 aromatic carbocycles. The third-order valence-electron chi connectivity index (χ3n) is 5.23. The van der Waals surface area contributed by atoms with Gasteiger partial charge in [0.05, 0.1) is 16.5 Å². The smallest absolute Gasteiger partial charge is 0.232 e. The third kappa shape index (κ3) is 5.64. The van der Waals surface area contributed by atoms with E-state index in [-0.39, 0.29) is 17.6 Å². The average molecular weight is 451 g/mol. The summed E-state index contributed by atoms with van der Waals surface area (Å²) in [5.41, 5.74) is 1.82. The Kier molecular flexibility index (Phi) is 7.20. The Hall–Kier alpha value is -2.32. The van der Waals surface area contributed by atoms with Crippen LogP contribution in [0.15, 0.2) is 36.5 Å². The molecular formula is C21H27ClN4O3S. The maximum absolute atomic E-state index is 12.8. The highest BCUT2D eigenvalue weighted by Gasteiger charge is 2.26. The van der Waals surface area contributed by atoms with Crippen molar-refractivity contribution in [1.29, 1.82) is 0 Å². The van der Waals surface area contributed by atoms with Crippen molar-refractivity contribution in [3.05, 3.63) is 47.1 Å². The minimum absolute atomic E-state index is 0.0459. The Morgan fingerprint density at radius 1 is 1.20 bits per heavy atom. The van der Waals surface area contributed by atoms with Crippen LogP contribution in [0.4, 0.5) is 17.2 Å². The second-order valence-corrected chi connectivity index (χ2v) is 9.76. The fourth-order valence-electron chi connectivity index (χ4n) is 3.53. The van der Waals surface area contributed by atoms with Gasteiger partial charge in [-0.15, -0.1) is 0 Å². The molecule has 1 saturated heterocycles. The normalized spacial score (nSPS) is 15.1. The molecule has 0 bridgehead atoms. The zero-order valence-electron chi connectivity index (χ0n) is 17.2. The molecule has 2 heterocycles. The number of pyridine rings is 1. The van der Waals surface area contributed by atoms with Gasteiger partial charge in [-0.2, -0.15) is 0 Å². The molecule has 0 atom stereocenters. The van der Waals surface area contributed by atoms with Crippen LogP contribution in [0.2, 0.25) is 5.02 Å². The molecule has 0 unspecified atom stereocenters. The number of nitrogens with zero attached hydrogens (tertiary/aromatic N) is 2. The van der Waals surface area contributed by atoms with Gasteiger partial charge in [0, 0.05) is 30.9 Å². The maximum Gasteiger partial charge on any atom is 0.232 e. The number of piperidine rings is 1. The number of nitrogens with one attached hydrogen (secondary N) is 2. The molecule has 0 spiro atoms. The topological polar surface area (TPSA) is 91.4 Å². The molecule has 0 aliphatic carbocycles. The van der Waals surface area contributed by atoms with Crippen molar-refractivity contribution >= 4 is 44.7 Å². The van der Waals surface area contributed by atoms with Crippen LogP contribution < -0.4 is 14.9 Å². The molecular weight excluding hydrogens is 424 g/mol. The summed E-state index contributed by atoms with van der Waals surface area (Å²) < 4.78 is 26.8. The Balaban J connectivity index is 1.61. The van der Waals surface area contributed by atoms with Gasteiger partial charge in [0.1, 0.15) is 5.82 Å². The van der Waals surface area contributed by atoms with Gasteiger partial charge in [0.15, 0.2) is 0 Å². The zero-order valence-corrected chi connectivity index (χ0v) is 18.8. The van der Waals surface area contributed by atoms with Gasteiger partial charge >= 0.3 is 0 Å². The number of aromatic nitrogens is 1. The van der Waals surface area contributed by atoms with E-state index in [1.807, 2.05) is 19.1 Å². The number of amides is 1. The van der Waals surface area contributed by atoms with Crippen molar-refractivity contribution in [2.24, 2.45) is 5.92 Å². The summed E-state index contributed by atoms with van der Waals surface area (Å²) in [5.74, 6) is 0.773. The first-order chi connectivity index (χ1) is 14.3. The Labute approximate surface area is 182 Å². The summed E-state index contributed by atoms with van der Waals surface area (Å²) in [7, 11) is -3.39. The highest BCUT2D eigenvalue weighted by atomic mass is 35.5. The van der Waals surface area contributed by atoms with Crippen molar-refractivity contribution < 1.29 is 13.2 Å². The first-order valence-corrected chi connectivity index (χ1v) is 12.1. The molecule has 2 aromatic rings. The molecule has 1 aliphatic rings. The lowest BCUT2D eigenvalue weighted by Crippen LogP contribution is -2.38. The highest BCUT2D eigenvalue weighted by molar-refractivity contribution is 7.92. The molecule has 0 saturated carbocycles. The molecule has 1 aliphatic heterocycles. The van der Waals surface area contributed by atoms with Crippen LogP contribution in [-0.4, -0.2) is 38.2 Å². The minimum Gasteiger partial charge on any atom is -0.357 e. The lowest BCUT2D eigenvalue weighted by atomic mass is 9.95. The average Bonchev–Trinajstić information content (AvgIpc) is 2.71. The molecule has 162 valence electrons. The number of rotatable bonds is 7. The molecule has 1 aromatic heterocycles. The summed E-state index contributed by atoms with van der Waals surface area (Å²) in [6, 6.07) is 8.93. The first kappa shape index (κ1) is 22.4. The van der Waals surface area contributed by atoms with Gasteiger partial charge in [0.25, 0.3) is 0 Å². The number of carbonyl (C=O) groups excluding carboxylic acids is 1. The van der Waals surface area contributed by atoms with E-state index in [0.29, 0.717) is 28.4 Å². The lowest BCUT2D eigenvalue weighted by molar-refractivity contribution is -0.120. The second-order valence-electron chi connectivity index (χ2n) is 7.48. The van der Waals surface area contributed by atoms with E-state index >= 15 is 0 Å². The quantitative estimate of drug-likeness (QED) is 0.663. The fourth-order valence-corrected chi connectivity index (χ4v) is 4.84. The van der Waals surface area contributed by atoms with Crippen LogP contribution in [0.5, 0.6) is 0 Å². The standard InChI is InChI=1S/C21H27ClN4O3S/c1-3-13-30(28,29)25-19-6-4-5-18(15(19)2)24-21(27)16-9-11-26(12-10-16)20-8-7-17(22)14-23-20/h4-8,14,16,25H,3,9-13H2,1-2H3,(H,24,27). The highest BCUT2D eigenvalue weighted by Crippen LogP contribution is 2.27. The van der Waals surface area contributed by atoms with Crippen molar-refractivity contribution in [2.45, 2.75) is 33.1 Å². The van der Waals surface area contributed by atoms with E-state index in [4.69, 9.17) is 11.6 Å². The number of benzene rings is 1. The number of carbonyl (C=O) groups is 1. The van der Waals surface area contributed by atoms with Gasteiger partial charge in [-0.25, -0.2) is 13.4 Å². The third-order valence-corrected chi connectivity index (χ3v) is 6.93. The van der Waals surface area contributed by atoms with Crippen molar-refractivity contribution in [3.63, 3.8) is 0 Å². The molecule has 0 radical (unpaired) electrons. The van der Waals surface area contributed by atoms with E-state index in [1.54, 1.807) is 31.3 Å². The molecule has 30 heavy (non-hydrogen) atoms. The largest absolute Gasteiger partial charge is 0.357 e. The molecule has 7 nitrogen and oxygen atoms in total. The first-order valence-electron chi connectivity index (χ1n) is 10.1. The summed E-state index contributed by atoms with van der Waals surface area (Å²) in [6.45, 7) is 5.09. The lowest BCUT2D eigenvalue weighted by Gasteiger charge is -2.32. The van der Waals surface area contributed by atoms with E-state index < -0.39 is 10.0 Å². The van der Waals surface area contributed by atoms with Crippen molar-refractivity contribution in [2.75, 3.05) is 33.8 Å². The van der Waals surface area contributed by atoms with E-state index in [1.165, 1.54) is 0 Å². The van der Waals surface area contributed by atoms with Crippen LogP contribution in [0.3, 0.4) is 0 Å². The van der Waals surface area contributed by atoms with E-state index in [2.05, 4.69) is 19.9 Å². The Morgan fingerprint density at radius 3 is 2.53 bits per heavy atom. The van der Waals surface area contributed by atoms with E-state index in [0.717, 1.165) is 31.7 Å². The van der Waals surface area contributed by atoms with Gasteiger partial charge in [-0.3, -0.25) is 9.52 Å². The molecule has 9 heteroatoms. The van der Waals surface area contributed by atoms with Crippen LogP contribution in [0.1, 0.15) is 31.7 Å². The van der Waals surface area contributed by atoms with Gasteiger partial charge in [-0.1, -0.05) is 24.6 Å². The molecule has 2 N–H and O–H groups in total. The second kappa shape index (κ2) is 9.66. The number of halogens is 1. The Bertz CT molecular complexity index is 988. The predicted molar refractivity (Wildman–Crippen MR) is 122 cm³/mol. The zero-order chi connectivity index (χ0) is 21.7. The van der Waals surface area contributed by atoms with Crippen LogP contribution in [0, 0.1) is 12.8 Å². The van der Waals surface area contributed by atoms with Crippen molar-refractivity contribution in [1.82, 2.24) is 4.98 Å². The maximum atomic E-state index is 12.8. The van der Waals surface area contributed by atoms with Crippen molar-refractivity contribution in [3.8, 4) is 0 Å². The van der Waals surface area contributed by atoms with Gasteiger partial charge in [-0.05, 0) is 56.0 Å². The fraction of sp³-hybridized carbons (Fsp3) is 0.429. The monoisotopic (exact) mass is 450 g/mol. The number of sulfonamides is 1. The van der Waals surface area contributed by atoms with Crippen LogP contribution in [-0.2, 0) is 14.8 Å². The molecule has 3 rings (SSSR count). The SMILES string of the molecule is CCCS(=O)(=O)Nc1cccc(NC(=O)C2CCN(c3ccc(Cl)cn3)CC2)c1C. The summed E-state index contributed by atoms with van der Waals surface area (Å²) in [4.78, 5) is 19.3. The minimum atomic E-state index is -3.39. The van der Waals surface area contributed by atoms with Crippen LogP contribution >= 0.6 is 11.6 Å². The number of hydrogen-bond donors (Lipinski definition) is 2. The van der Waals surface area contributed by atoms with E-state index in [9.17, 15) is 13.2 Å². The predicted octanol–water partition coefficient (Wildman–Crippen LogP) is 4.05. The number of hydrogen-bond acceptors (Lipinski definition) is 5. The molecule has 1 fully saturated rings.